The van der Waals surface area contributed by atoms with Crippen LogP contribution >= 0.6 is 0 Å². The summed E-state index contributed by atoms with van der Waals surface area (Å²) in [6, 6.07) is 4.73. The summed E-state index contributed by atoms with van der Waals surface area (Å²) in [7, 11) is 0. The zero-order chi connectivity index (χ0) is 20.3. The molecule has 1 N–H and O–H groups in total. The molecule has 0 saturated carbocycles. The van der Waals surface area contributed by atoms with Crippen LogP contribution in [0.4, 0.5) is 0 Å². The summed E-state index contributed by atoms with van der Waals surface area (Å²) in [5.41, 5.74) is 0.706. The molecule has 1 amide bonds. The SMILES string of the molecule is CC(C)[C@@H](C)NC(=O)COC(=O)c1ccc2c(=O)n3c(nc2c1)CCCCC3. The number of fused-ring (bicyclic) bond motifs is 2. The number of rotatable bonds is 5. The molecule has 1 aromatic carbocycles. The van der Waals surface area contributed by atoms with E-state index in [4.69, 9.17) is 4.74 Å². The van der Waals surface area contributed by atoms with Crippen molar-refractivity contribution in [1.29, 1.82) is 0 Å². The van der Waals surface area contributed by atoms with Crippen LogP contribution in [0.5, 0.6) is 0 Å². The smallest absolute Gasteiger partial charge is 0.338 e. The predicted octanol–water partition coefficient (Wildman–Crippen LogP) is 2.44. The lowest BCUT2D eigenvalue weighted by Crippen LogP contribution is -2.38. The van der Waals surface area contributed by atoms with Crippen LogP contribution < -0.4 is 10.9 Å². The number of aryl methyl sites for hydroxylation is 1. The van der Waals surface area contributed by atoms with E-state index in [-0.39, 0.29) is 29.7 Å². The molecule has 28 heavy (non-hydrogen) atoms. The first-order valence-corrected chi connectivity index (χ1v) is 9.87. The number of benzene rings is 1. The minimum absolute atomic E-state index is 0.000644. The third-order valence-electron chi connectivity index (χ3n) is 5.28. The van der Waals surface area contributed by atoms with Crippen molar-refractivity contribution in [2.24, 2.45) is 5.92 Å². The molecule has 0 radical (unpaired) electrons. The van der Waals surface area contributed by atoms with Gasteiger partial charge in [0.2, 0.25) is 0 Å². The maximum Gasteiger partial charge on any atom is 0.338 e. The fraction of sp³-hybridized carbons (Fsp3) is 0.524. The molecular formula is C21H27N3O4. The predicted molar refractivity (Wildman–Crippen MR) is 106 cm³/mol. The summed E-state index contributed by atoms with van der Waals surface area (Å²) >= 11 is 0. The number of carbonyl (C=O) groups is 2. The van der Waals surface area contributed by atoms with Gasteiger partial charge in [-0.2, -0.15) is 0 Å². The highest BCUT2D eigenvalue weighted by molar-refractivity contribution is 5.95. The Morgan fingerprint density at radius 3 is 2.75 bits per heavy atom. The van der Waals surface area contributed by atoms with Gasteiger partial charge < -0.3 is 10.1 Å². The number of nitrogens with zero attached hydrogens (tertiary/aromatic N) is 2. The van der Waals surface area contributed by atoms with Crippen molar-refractivity contribution in [3.8, 4) is 0 Å². The molecule has 1 atom stereocenters. The molecule has 7 heteroatoms. The van der Waals surface area contributed by atoms with Gasteiger partial charge >= 0.3 is 5.97 Å². The second kappa shape index (κ2) is 8.54. The average molecular weight is 385 g/mol. The highest BCUT2D eigenvalue weighted by atomic mass is 16.5. The van der Waals surface area contributed by atoms with Gasteiger partial charge in [-0.05, 0) is 43.9 Å². The van der Waals surface area contributed by atoms with E-state index < -0.39 is 5.97 Å². The van der Waals surface area contributed by atoms with Crippen LogP contribution in [0.1, 0.15) is 56.2 Å². The first-order valence-electron chi connectivity index (χ1n) is 9.87. The minimum Gasteiger partial charge on any atom is -0.452 e. The van der Waals surface area contributed by atoms with Crippen molar-refractivity contribution in [2.45, 2.75) is 59.0 Å². The number of amides is 1. The van der Waals surface area contributed by atoms with E-state index in [0.29, 0.717) is 23.4 Å². The molecular weight excluding hydrogens is 358 g/mol. The van der Waals surface area contributed by atoms with Gasteiger partial charge in [-0.25, -0.2) is 9.78 Å². The molecule has 0 unspecified atom stereocenters. The molecule has 2 aromatic rings. The Labute approximate surface area is 164 Å². The van der Waals surface area contributed by atoms with Crippen LogP contribution in [0, 0.1) is 5.92 Å². The van der Waals surface area contributed by atoms with Crippen molar-refractivity contribution < 1.29 is 14.3 Å². The molecule has 2 heterocycles. The monoisotopic (exact) mass is 385 g/mol. The molecule has 1 aromatic heterocycles. The molecule has 1 aliphatic rings. The van der Waals surface area contributed by atoms with Crippen molar-refractivity contribution in [1.82, 2.24) is 14.9 Å². The zero-order valence-corrected chi connectivity index (χ0v) is 16.7. The van der Waals surface area contributed by atoms with Crippen molar-refractivity contribution in [3.63, 3.8) is 0 Å². The molecule has 0 fully saturated rings. The Hall–Kier alpha value is -2.70. The topological polar surface area (TPSA) is 90.3 Å². The number of hydrogen-bond donors (Lipinski definition) is 1. The minimum atomic E-state index is -0.605. The van der Waals surface area contributed by atoms with Crippen LogP contribution in [0.2, 0.25) is 0 Å². The fourth-order valence-electron chi connectivity index (χ4n) is 3.22. The van der Waals surface area contributed by atoms with E-state index in [9.17, 15) is 14.4 Å². The molecule has 3 rings (SSSR count). The van der Waals surface area contributed by atoms with Gasteiger partial charge in [0, 0.05) is 19.0 Å². The highest BCUT2D eigenvalue weighted by Gasteiger charge is 2.17. The number of carbonyl (C=O) groups excluding carboxylic acids is 2. The number of hydrogen-bond acceptors (Lipinski definition) is 5. The van der Waals surface area contributed by atoms with Crippen LogP contribution in [0.3, 0.4) is 0 Å². The third-order valence-corrected chi connectivity index (χ3v) is 5.28. The van der Waals surface area contributed by atoms with Gasteiger partial charge in [-0.3, -0.25) is 14.2 Å². The molecule has 0 saturated heterocycles. The Balaban J connectivity index is 1.76. The van der Waals surface area contributed by atoms with E-state index in [2.05, 4.69) is 10.3 Å². The number of nitrogens with one attached hydrogen (secondary N) is 1. The van der Waals surface area contributed by atoms with E-state index in [0.717, 1.165) is 31.5 Å². The van der Waals surface area contributed by atoms with E-state index in [1.807, 2.05) is 20.8 Å². The summed E-state index contributed by atoms with van der Waals surface area (Å²) in [5, 5.41) is 3.28. The summed E-state index contributed by atoms with van der Waals surface area (Å²) in [4.78, 5) is 41.6. The summed E-state index contributed by atoms with van der Waals surface area (Å²) in [6.07, 6.45) is 3.81. The van der Waals surface area contributed by atoms with Gasteiger partial charge in [-0.1, -0.05) is 20.3 Å². The highest BCUT2D eigenvalue weighted by Crippen LogP contribution is 2.16. The lowest BCUT2D eigenvalue weighted by molar-refractivity contribution is -0.125. The Morgan fingerprint density at radius 1 is 1.21 bits per heavy atom. The maximum atomic E-state index is 12.7. The lowest BCUT2D eigenvalue weighted by atomic mass is 10.1. The maximum absolute atomic E-state index is 12.7. The van der Waals surface area contributed by atoms with E-state index in [1.54, 1.807) is 22.8 Å². The van der Waals surface area contributed by atoms with Gasteiger partial charge in [0.25, 0.3) is 11.5 Å². The average Bonchev–Trinajstić information content (AvgIpc) is 2.91. The van der Waals surface area contributed by atoms with E-state index in [1.165, 1.54) is 0 Å². The first-order chi connectivity index (χ1) is 13.4. The summed E-state index contributed by atoms with van der Waals surface area (Å²) in [6.45, 7) is 6.25. The Morgan fingerprint density at radius 2 is 2.00 bits per heavy atom. The normalized spacial score (nSPS) is 15.0. The quantitative estimate of drug-likeness (QED) is 0.799. The van der Waals surface area contributed by atoms with Crippen LogP contribution in [-0.4, -0.2) is 34.1 Å². The van der Waals surface area contributed by atoms with Gasteiger partial charge in [0.15, 0.2) is 6.61 Å². The molecule has 1 aliphatic heterocycles. The third kappa shape index (κ3) is 4.40. The van der Waals surface area contributed by atoms with Crippen molar-refractivity contribution >= 4 is 22.8 Å². The first kappa shape index (κ1) is 20.0. The number of aromatic nitrogens is 2. The van der Waals surface area contributed by atoms with Gasteiger partial charge in [0.1, 0.15) is 5.82 Å². The van der Waals surface area contributed by atoms with Crippen LogP contribution in [0.15, 0.2) is 23.0 Å². The molecule has 150 valence electrons. The Kier molecular flexibility index (Phi) is 6.11. The largest absolute Gasteiger partial charge is 0.452 e. The fourth-order valence-corrected chi connectivity index (χ4v) is 3.22. The van der Waals surface area contributed by atoms with Gasteiger partial charge in [-0.15, -0.1) is 0 Å². The second-order valence-corrected chi connectivity index (χ2v) is 7.70. The summed E-state index contributed by atoms with van der Waals surface area (Å²) < 4.78 is 6.86. The van der Waals surface area contributed by atoms with E-state index >= 15 is 0 Å². The van der Waals surface area contributed by atoms with Crippen LogP contribution in [-0.2, 0) is 22.5 Å². The van der Waals surface area contributed by atoms with Crippen LogP contribution in [0.25, 0.3) is 10.9 Å². The molecule has 0 aliphatic carbocycles. The second-order valence-electron chi connectivity index (χ2n) is 7.70. The number of esters is 1. The number of ether oxygens (including phenoxy) is 1. The van der Waals surface area contributed by atoms with Crippen molar-refractivity contribution in [2.75, 3.05) is 6.61 Å². The molecule has 0 bridgehead atoms. The lowest BCUT2D eigenvalue weighted by Gasteiger charge is -2.17. The molecule has 0 spiro atoms. The standard InChI is InChI=1S/C21H27N3O4/c1-13(2)14(3)22-19(25)12-28-21(27)15-8-9-16-17(11-15)23-18-7-5-4-6-10-24(18)20(16)26/h8-9,11,13-14H,4-7,10,12H2,1-3H3,(H,22,25)/t14-/m1/s1. The summed E-state index contributed by atoms with van der Waals surface area (Å²) in [5.74, 6) is 0.117. The Bertz CT molecular complexity index is 949. The molecule has 7 nitrogen and oxygen atoms in total. The van der Waals surface area contributed by atoms with Crippen molar-refractivity contribution in [3.05, 3.63) is 39.9 Å². The zero-order valence-electron chi connectivity index (χ0n) is 16.7. The van der Waals surface area contributed by atoms with Gasteiger partial charge in [0.05, 0.1) is 16.5 Å².